The van der Waals surface area contributed by atoms with Gasteiger partial charge in [-0.15, -0.1) is 0 Å². The Balaban J connectivity index is 2.42. The van der Waals surface area contributed by atoms with Crippen LogP contribution in [0.2, 0.25) is 0 Å². The fraction of sp³-hybridized carbons (Fsp3) is 0.214. The molecule has 0 radical (unpaired) electrons. The van der Waals surface area contributed by atoms with Gasteiger partial charge in [-0.1, -0.05) is 0 Å². The van der Waals surface area contributed by atoms with Gasteiger partial charge in [0, 0.05) is 32.8 Å². The third-order valence-electron chi connectivity index (χ3n) is 2.94. The van der Waals surface area contributed by atoms with Crippen LogP contribution in [0.5, 0.6) is 0 Å². The Hall–Kier alpha value is -1.39. The molecule has 5 nitrogen and oxygen atoms in total. The summed E-state index contributed by atoms with van der Waals surface area (Å²) >= 11 is 3.23. The predicted molar refractivity (Wildman–Crippen MR) is 92.1 cm³/mol. The van der Waals surface area contributed by atoms with Crippen LogP contribution < -0.4 is 5.32 Å². The normalized spacial score (nSPS) is 13.0. The summed E-state index contributed by atoms with van der Waals surface area (Å²) in [6.45, 7) is 2.57. The molecule has 22 heavy (non-hydrogen) atoms. The Morgan fingerprint density at radius 1 is 1.64 bits per heavy atom. The van der Waals surface area contributed by atoms with E-state index < -0.39 is 6.10 Å². The first-order valence-corrected chi connectivity index (χ1v) is 8.38. The Labute approximate surface area is 145 Å². The molecular formula is C14H14FIN4OS. The standard InChI is InChI=1S/C14H14FIN4OS/c1-2-18-6-12(19-17)14(21)10-7-22-20-13(10)9-4-3-8(15)5-11(9)16/h3-7,14,17-18,21H,2H2,1H3/b12-6-,19-17?. The molecule has 0 aliphatic heterocycles. The van der Waals surface area contributed by atoms with Crippen LogP contribution in [0.3, 0.4) is 0 Å². The van der Waals surface area contributed by atoms with E-state index in [0.717, 1.165) is 5.56 Å². The van der Waals surface area contributed by atoms with E-state index in [0.29, 0.717) is 21.4 Å². The first kappa shape index (κ1) is 17.0. The summed E-state index contributed by atoms with van der Waals surface area (Å²) in [5.41, 5.74) is 9.27. The van der Waals surface area contributed by atoms with Gasteiger partial charge in [-0.3, -0.25) is 0 Å². The summed E-state index contributed by atoms with van der Waals surface area (Å²) in [5.74, 6) is -0.320. The molecule has 1 heterocycles. The van der Waals surface area contributed by atoms with E-state index >= 15 is 0 Å². The van der Waals surface area contributed by atoms with Crippen LogP contribution in [0.15, 0.2) is 40.6 Å². The summed E-state index contributed by atoms with van der Waals surface area (Å²) in [4.78, 5) is 0. The van der Waals surface area contributed by atoms with Crippen LogP contribution in [0, 0.1) is 14.9 Å². The SMILES string of the molecule is CCN/C=C(\N=N)C(O)c1csnc1-c1ccc(F)cc1I. The fourth-order valence-corrected chi connectivity index (χ4v) is 3.31. The van der Waals surface area contributed by atoms with Crippen molar-refractivity contribution in [1.82, 2.24) is 9.69 Å². The summed E-state index contributed by atoms with van der Waals surface area (Å²) in [5, 5.41) is 18.4. The van der Waals surface area contributed by atoms with E-state index in [1.54, 1.807) is 11.4 Å². The van der Waals surface area contributed by atoms with Gasteiger partial charge in [0.15, 0.2) is 0 Å². The van der Waals surface area contributed by atoms with E-state index in [1.807, 2.05) is 29.5 Å². The second kappa shape index (κ2) is 7.75. The number of nitrogens with one attached hydrogen (secondary N) is 2. The number of aliphatic hydroxyl groups excluding tert-OH is 1. The lowest BCUT2D eigenvalue weighted by atomic mass is 10.0. The minimum absolute atomic E-state index is 0.195. The largest absolute Gasteiger partial charge is 0.390 e. The third kappa shape index (κ3) is 3.68. The van der Waals surface area contributed by atoms with Gasteiger partial charge < -0.3 is 10.4 Å². The molecule has 116 valence electrons. The van der Waals surface area contributed by atoms with Crippen LogP contribution in [0.1, 0.15) is 18.6 Å². The van der Waals surface area contributed by atoms with E-state index in [4.69, 9.17) is 5.53 Å². The number of nitrogens with zero attached hydrogens (tertiary/aromatic N) is 2. The van der Waals surface area contributed by atoms with Gasteiger partial charge >= 0.3 is 0 Å². The molecule has 8 heteroatoms. The second-order valence-electron chi connectivity index (χ2n) is 4.38. The van der Waals surface area contributed by atoms with E-state index in [9.17, 15) is 9.50 Å². The highest BCUT2D eigenvalue weighted by Gasteiger charge is 2.21. The van der Waals surface area contributed by atoms with Gasteiger partial charge in [-0.2, -0.15) is 9.49 Å². The van der Waals surface area contributed by atoms with Crippen molar-refractivity contribution in [2.45, 2.75) is 13.0 Å². The van der Waals surface area contributed by atoms with E-state index in [2.05, 4.69) is 14.8 Å². The molecule has 1 aromatic carbocycles. The number of hydrogen-bond donors (Lipinski definition) is 3. The smallest absolute Gasteiger partial charge is 0.127 e. The lowest BCUT2D eigenvalue weighted by Crippen LogP contribution is -2.08. The molecular weight excluding hydrogens is 418 g/mol. The number of hydrogen-bond acceptors (Lipinski definition) is 6. The van der Waals surface area contributed by atoms with Gasteiger partial charge in [-0.25, -0.2) is 9.92 Å². The van der Waals surface area contributed by atoms with Crippen molar-refractivity contribution in [3.05, 3.63) is 50.4 Å². The molecule has 1 aromatic heterocycles. The lowest BCUT2D eigenvalue weighted by Gasteiger charge is -2.12. The average molecular weight is 432 g/mol. The number of benzene rings is 1. The topological polar surface area (TPSA) is 81.4 Å². The Morgan fingerprint density at radius 2 is 2.41 bits per heavy atom. The molecule has 0 amide bonds. The van der Waals surface area contributed by atoms with Crippen molar-refractivity contribution < 1.29 is 9.50 Å². The van der Waals surface area contributed by atoms with Crippen molar-refractivity contribution in [1.29, 1.82) is 5.53 Å². The van der Waals surface area contributed by atoms with Crippen LogP contribution in [-0.4, -0.2) is 16.0 Å². The molecule has 0 fully saturated rings. The molecule has 0 aliphatic carbocycles. The molecule has 1 unspecified atom stereocenters. The molecule has 0 saturated carbocycles. The molecule has 0 bridgehead atoms. The van der Waals surface area contributed by atoms with Crippen LogP contribution >= 0.6 is 34.1 Å². The average Bonchev–Trinajstić information content (AvgIpc) is 2.97. The zero-order valence-corrected chi connectivity index (χ0v) is 14.7. The number of halogens is 2. The monoisotopic (exact) mass is 432 g/mol. The minimum atomic E-state index is -1.06. The molecule has 0 spiro atoms. The van der Waals surface area contributed by atoms with Crippen LogP contribution in [0.25, 0.3) is 11.3 Å². The maximum atomic E-state index is 13.2. The van der Waals surface area contributed by atoms with Gasteiger partial charge in [0.25, 0.3) is 0 Å². The van der Waals surface area contributed by atoms with Crippen LogP contribution in [0.4, 0.5) is 4.39 Å². The summed E-state index contributed by atoms with van der Waals surface area (Å²) < 4.78 is 18.2. The van der Waals surface area contributed by atoms with E-state index in [1.165, 1.54) is 29.9 Å². The van der Waals surface area contributed by atoms with Crippen molar-refractivity contribution in [3.8, 4) is 11.3 Å². The third-order valence-corrected chi connectivity index (χ3v) is 4.48. The maximum absolute atomic E-state index is 13.2. The number of aliphatic hydroxyl groups is 1. The Morgan fingerprint density at radius 3 is 3.05 bits per heavy atom. The Kier molecular flexibility index (Phi) is 5.98. The molecule has 2 rings (SSSR count). The highest BCUT2D eigenvalue weighted by atomic mass is 127. The molecule has 0 aliphatic rings. The van der Waals surface area contributed by atoms with Gasteiger partial charge in [-0.05, 0) is 59.2 Å². The predicted octanol–water partition coefficient (Wildman–Crippen LogP) is 4.07. The van der Waals surface area contributed by atoms with Crippen molar-refractivity contribution in [3.63, 3.8) is 0 Å². The summed E-state index contributed by atoms with van der Waals surface area (Å²) in [6, 6.07) is 4.40. The van der Waals surface area contributed by atoms with Crippen molar-refractivity contribution >= 4 is 34.1 Å². The van der Waals surface area contributed by atoms with Gasteiger partial charge in [0.2, 0.25) is 0 Å². The second-order valence-corrected chi connectivity index (χ2v) is 6.18. The van der Waals surface area contributed by atoms with Crippen molar-refractivity contribution in [2.24, 2.45) is 5.11 Å². The summed E-state index contributed by atoms with van der Waals surface area (Å²) in [6.07, 6.45) is 0.445. The zero-order chi connectivity index (χ0) is 16.1. The summed E-state index contributed by atoms with van der Waals surface area (Å²) in [7, 11) is 0. The molecule has 1 atom stereocenters. The van der Waals surface area contributed by atoms with Gasteiger partial charge in [0.1, 0.15) is 17.6 Å². The zero-order valence-electron chi connectivity index (χ0n) is 11.7. The minimum Gasteiger partial charge on any atom is -0.390 e. The first-order chi connectivity index (χ1) is 10.6. The number of aromatic nitrogens is 1. The van der Waals surface area contributed by atoms with Crippen LogP contribution in [-0.2, 0) is 0 Å². The molecule has 2 aromatic rings. The molecule has 0 saturated heterocycles. The maximum Gasteiger partial charge on any atom is 0.127 e. The van der Waals surface area contributed by atoms with Crippen molar-refractivity contribution in [2.75, 3.05) is 6.54 Å². The number of rotatable bonds is 6. The fourth-order valence-electron chi connectivity index (χ4n) is 1.86. The lowest BCUT2D eigenvalue weighted by molar-refractivity contribution is 0.212. The first-order valence-electron chi connectivity index (χ1n) is 6.47. The van der Waals surface area contributed by atoms with Gasteiger partial charge in [0.05, 0.1) is 5.69 Å². The highest BCUT2D eigenvalue weighted by molar-refractivity contribution is 14.1. The molecule has 3 N–H and O–H groups in total. The Bertz CT molecular complexity index is 704. The van der Waals surface area contributed by atoms with E-state index in [-0.39, 0.29) is 11.5 Å². The quantitative estimate of drug-likeness (QED) is 0.476. The highest BCUT2D eigenvalue weighted by Crippen LogP contribution is 2.35.